The third-order valence-corrected chi connectivity index (χ3v) is 3.15. The molecule has 0 aromatic carbocycles. The van der Waals surface area contributed by atoms with Crippen molar-refractivity contribution in [3.8, 4) is 0 Å². The average molecular weight is 273 g/mol. The van der Waals surface area contributed by atoms with E-state index in [0.717, 1.165) is 19.4 Å². The van der Waals surface area contributed by atoms with Crippen LogP contribution in [-0.2, 0) is 14.3 Å². The Morgan fingerprint density at radius 3 is 2.47 bits per heavy atom. The fourth-order valence-electron chi connectivity index (χ4n) is 1.79. The number of aliphatic carboxylic acids is 1. The summed E-state index contributed by atoms with van der Waals surface area (Å²) in [5.74, 6) is -1.69. The predicted octanol–water partition coefficient (Wildman–Crippen LogP) is -0.717. The molecule has 0 fully saturated rings. The first kappa shape index (κ1) is 17.9. The lowest BCUT2D eigenvalue weighted by Gasteiger charge is -2.17. The molecular formula is C13H25N2O4-. The third kappa shape index (κ3) is 7.79. The topological polar surface area (TPSA) is 90.5 Å². The van der Waals surface area contributed by atoms with Crippen molar-refractivity contribution in [2.45, 2.75) is 38.6 Å². The minimum Gasteiger partial charge on any atom is -0.550 e. The van der Waals surface area contributed by atoms with Gasteiger partial charge in [-0.05, 0) is 32.9 Å². The van der Waals surface area contributed by atoms with Gasteiger partial charge in [0.1, 0.15) is 6.04 Å². The lowest BCUT2D eigenvalue weighted by atomic mass is 10.1. The lowest BCUT2D eigenvalue weighted by molar-refractivity contribution is -0.311. The van der Waals surface area contributed by atoms with Crippen LogP contribution in [0, 0.1) is 5.92 Å². The SMILES string of the molecule is CCC(CNCCCCC(NC)C(=O)OC)C(=O)[O-]. The van der Waals surface area contributed by atoms with Gasteiger partial charge in [-0.25, -0.2) is 0 Å². The second-order valence-electron chi connectivity index (χ2n) is 4.49. The molecule has 19 heavy (non-hydrogen) atoms. The first-order chi connectivity index (χ1) is 9.06. The van der Waals surface area contributed by atoms with Crippen LogP contribution in [0.1, 0.15) is 32.6 Å². The maximum absolute atomic E-state index is 11.3. The molecular weight excluding hydrogens is 248 g/mol. The standard InChI is InChI=1S/C13H26N2O4/c1-4-10(12(16)17)9-15-8-6-5-7-11(14-2)13(18)19-3/h10-11,14-15H,4-9H2,1-3H3,(H,16,17)/p-1. The summed E-state index contributed by atoms with van der Waals surface area (Å²) >= 11 is 0. The van der Waals surface area contributed by atoms with E-state index < -0.39 is 11.9 Å². The van der Waals surface area contributed by atoms with Crippen LogP contribution in [0.25, 0.3) is 0 Å². The van der Waals surface area contributed by atoms with Crippen LogP contribution in [0.4, 0.5) is 0 Å². The predicted molar refractivity (Wildman–Crippen MR) is 70.4 cm³/mol. The van der Waals surface area contributed by atoms with Crippen LogP contribution >= 0.6 is 0 Å². The van der Waals surface area contributed by atoms with Crippen molar-refractivity contribution in [2.24, 2.45) is 5.92 Å². The van der Waals surface area contributed by atoms with E-state index in [2.05, 4.69) is 15.4 Å². The first-order valence-electron chi connectivity index (χ1n) is 6.73. The number of hydrogen-bond donors (Lipinski definition) is 2. The van der Waals surface area contributed by atoms with Crippen LogP contribution in [-0.4, -0.2) is 45.2 Å². The quantitative estimate of drug-likeness (QED) is 0.381. The Morgan fingerprint density at radius 2 is 2.00 bits per heavy atom. The Bertz CT molecular complexity index is 271. The number of esters is 1. The van der Waals surface area contributed by atoms with Crippen molar-refractivity contribution < 1.29 is 19.4 Å². The summed E-state index contributed by atoms with van der Waals surface area (Å²) in [5.41, 5.74) is 0. The van der Waals surface area contributed by atoms with E-state index in [-0.39, 0.29) is 12.0 Å². The molecule has 2 unspecified atom stereocenters. The Balaban J connectivity index is 3.64. The molecule has 0 aliphatic rings. The molecule has 6 heteroatoms. The summed E-state index contributed by atoms with van der Waals surface area (Å²) < 4.78 is 4.66. The maximum Gasteiger partial charge on any atom is 0.322 e. The lowest BCUT2D eigenvalue weighted by Crippen LogP contribution is -2.38. The molecule has 2 atom stereocenters. The van der Waals surface area contributed by atoms with E-state index in [1.807, 2.05) is 6.92 Å². The fraction of sp³-hybridized carbons (Fsp3) is 0.846. The minimum atomic E-state index is -1.00. The molecule has 0 saturated heterocycles. The van der Waals surface area contributed by atoms with Crippen LogP contribution in [0.5, 0.6) is 0 Å². The Hall–Kier alpha value is -1.14. The molecule has 0 heterocycles. The molecule has 0 aliphatic heterocycles. The van der Waals surface area contributed by atoms with Crippen LogP contribution in [0.15, 0.2) is 0 Å². The number of ether oxygens (including phenoxy) is 1. The van der Waals surface area contributed by atoms with Gasteiger partial charge >= 0.3 is 5.97 Å². The minimum absolute atomic E-state index is 0.251. The number of carbonyl (C=O) groups excluding carboxylic acids is 2. The molecule has 0 aromatic rings. The summed E-state index contributed by atoms with van der Waals surface area (Å²) in [6.45, 7) is 3.00. The summed E-state index contributed by atoms with van der Waals surface area (Å²) in [6, 6.07) is -0.267. The molecule has 112 valence electrons. The molecule has 0 aliphatic carbocycles. The first-order valence-corrected chi connectivity index (χ1v) is 6.73. The molecule has 0 bridgehead atoms. The number of methoxy groups -OCH3 is 1. The van der Waals surface area contributed by atoms with Crippen molar-refractivity contribution in [1.29, 1.82) is 0 Å². The van der Waals surface area contributed by atoms with E-state index in [9.17, 15) is 14.7 Å². The maximum atomic E-state index is 11.3. The number of likely N-dealkylation sites (N-methyl/N-ethyl adjacent to an activating group) is 1. The van der Waals surface area contributed by atoms with E-state index in [1.54, 1.807) is 7.05 Å². The van der Waals surface area contributed by atoms with Gasteiger partial charge in [-0.2, -0.15) is 0 Å². The number of carboxylic acid groups (broad SMARTS) is 1. The number of unbranched alkanes of at least 4 members (excludes halogenated alkanes) is 1. The van der Waals surface area contributed by atoms with E-state index in [1.165, 1.54) is 7.11 Å². The number of carboxylic acids is 1. The summed E-state index contributed by atoms with van der Waals surface area (Å²) in [4.78, 5) is 22.0. The van der Waals surface area contributed by atoms with Crippen molar-refractivity contribution in [3.05, 3.63) is 0 Å². The van der Waals surface area contributed by atoms with Crippen LogP contribution in [0.3, 0.4) is 0 Å². The van der Waals surface area contributed by atoms with Crippen LogP contribution in [0.2, 0.25) is 0 Å². The molecule has 6 nitrogen and oxygen atoms in total. The van der Waals surface area contributed by atoms with Gasteiger partial charge in [0.25, 0.3) is 0 Å². The zero-order valence-corrected chi connectivity index (χ0v) is 12.0. The Morgan fingerprint density at radius 1 is 1.32 bits per heavy atom. The summed E-state index contributed by atoms with van der Waals surface area (Å²) in [6.07, 6.45) is 3.04. The average Bonchev–Trinajstić information content (AvgIpc) is 2.41. The number of carbonyl (C=O) groups is 2. The highest BCUT2D eigenvalue weighted by Gasteiger charge is 2.15. The van der Waals surface area contributed by atoms with Crippen molar-refractivity contribution in [3.63, 3.8) is 0 Å². The monoisotopic (exact) mass is 273 g/mol. The van der Waals surface area contributed by atoms with E-state index in [4.69, 9.17) is 0 Å². The van der Waals surface area contributed by atoms with Crippen molar-refractivity contribution in [2.75, 3.05) is 27.2 Å². The van der Waals surface area contributed by atoms with Gasteiger partial charge in [0.2, 0.25) is 0 Å². The van der Waals surface area contributed by atoms with Gasteiger partial charge in [-0.15, -0.1) is 0 Å². The highest BCUT2D eigenvalue weighted by atomic mass is 16.5. The van der Waals surface area contributed by atoms with Gasteiger partial charge < -0.3 is 25.3 Å². The molecule has 0 saturated carbocycles. The number of hydrogen-bond acceptors (Lipinski definition) is 6. The van der Waals surface area contributed by atoms with Crippen molar-refractivity contribution in [1.82, 2.24) is 10.6 Å². The fourth-order valence-corrected chi connectivity index (χ4v) is 1.79. The number of rotatable bonds is 11. The molecule has 0 spiro atoms. The molecule has 0 amide bonds. The molecule has 0 aromatic heterocycles. The Kier molecular flexibility index (Phi) is 10.1. The van der Waals surface area contributed by atoms with E-state index in [0.29, 0.717) is 19.4 Å². The van der Waals surface area contributed by atoms with Crippen LogP contribution < -0.4 is 15.7 Å². The zero-order valence-electron chi connectivity index (χ0n) is 12.0. The van der Waals surface area contributed by atoms with Gasteiger partial charge in [0, 0.05) is 18.4 Å². The normalized spacial score (nSPS) is 13.8. The van der Waals surface area contributed by atoms with Gasteiger partial charge in [0.05, 0.1) is 7.11 Å². The largest absolute Gasteiger partial charge is 0.550 e. The van der Waals surface area contributed by atoms with Gasteiger partial charge in [-0.3, -0.25) is 4.79 Å². The smallest absolute Gasteiger partial charge is 0.322 e. The van der Waals surface area contributed by atoms with Crippen molar-refractivity contribution >= 4 is 11.9 Å². The second kappa shape index (κ2) is 10.8. The third-order valence-electron chi connectivity index (χ3n) is 3.15. The zero-order chi connectivity index (χ0) is 14.7. The molecule has 0 radical (unpaired) electrons. The summed E-state index contributed by atoms with van der Waals surface area (Å²) in [7, 11) is 3.10. The van der Waals surface area contributed by atoms with Gasteiger partial charge in [0.15, 0.2) is 0 Å². The van der Waals surface area contributed by atoms with E-state index >= 15 is 0 Å². The Labute approximate surface area is 114 Å². The molecule has 2 N–H and O–H groups in total. The highest BCUT2D eigenvalue weighted by Crippen LogP contribution is 2.03. The van der Waals surface area contributed by atoms with Gasteiger partial charge in [-0.1, -0.05) is 13.3 Å². The highest BCUT2D eigenvalue weighted by molar-refractivity contribution is 5.75. The number of nitrogens with one attached hydrogen (secondary N) is 2. The molecule has 0 rings (SSSR count). The summed E-state index contributed by atoms with van der Waals surface area (Å²) in [5, 5.41) is 16.7. The second-order valence-corrected chi connectivity index (χ2v) is 4.49.